The minimum atomic E-state index is -0.802. The average Bonchev–Trinajstić information content (AvgIpc) is 3.16. The van der Waals surface area contributed by atoms with Gasteiger partial charge in [-0.05, 0) is 38.3 Å². The van der Waals surface area contributed by atoms with Gasteiger partial charge in [0, 0.05) is 6.04 Å². The topological polar surface area (TPSA) is 105 Å². The summed E-state index contributed by atoms with van der Waals surface area (Å²) < 4.78 is 5.14. The van der Waals surface area contributed by atoms with Gasteiger partial charge in [-0.15, -0.1) is 0 Å². The first-order valence-corrected chi connectivity index (χ1v) is 7.48. The van der Waals surface area contributed by atoms with Crippen molar-refractivity contribution in [2.24, 2.45) is 5.92 Å². The molecule has 120 valence electrons. The van der Waals surface area contributed by atoms with Gasteiger partial charge in [-0.25, -0.2) is 0 Å². The van der Waals surface area contributed by atoms with E-state index in [9.17, 15) is 9.59 Å². The van der Waals surface area contributed by atoms with Crippen LogP contribution < -0.4 is 5.32 Å². The monoisotopic (exact) mass is 315 g/mol. The Morgan fingerprint density at radius 1 is 1.30 bits per heavy atom. The molecule has 2 aromatic rings. The molecule has 0 bridgehead atoms. The van der Waals surface area contributed by atoms with Crippen molar-refractivity contribution in [3.8, 4) is 11.5 Å². The summed E-state index contributed by atoms with van der Waals surface area (Å²) in [6.07, 6.45) is 1.72. The number of benzene rings is 1. The molecule has 3 rings (SSSR count). The van der Waals surface area contributed by atoms with E-state index in [1.165, 1.54) is 0 Å². The van der Waals surface area contributed by atoms with Gasteiger partial charge in [0.1, 0.15) is 0 Å². The molecule has 7 nitrogen and oxygen atoms in total. The first-order chi connectivity index (χ1) is 11.0. The SMILES string of the molecule is Cc1noc(-c2ccccc2C(=O)N[C@H]2CC[C@@H](C(=O)O)C2)n1. The molecule has 1 aliphatic rings. The largest absolute Gasteiger partial charge is 0.481 e. The number of aromatic nitrogens is 2. The fourth-order valence-electron chi connectivity index (χ4n) is 2.87. The Kier molecular flexibility index (Phi) is 4.10. The third kappa shape index (κ3) is 3.23. The molecule has 2 N–H and O–H groups in total. The standard InChI is InChI=1S/C16H17N3O4/c1-9-17-15(23-19-9)13-5-3-2-4-12(13)14(20)18-11-7-6-10(8-11)16(21)22/h2-5,10-11H,6-8H2,1H3,(H,18,20)(H,21,22)/t10-,11+/m1/s1. The molecule has 1 aromatic heterocycles. The van der Waals surface area contributed by atoms with Crippen molar-refractivity contribution >= 4 is 11.9 Å². The van der Waals surface area contributed by atoms with E-state index in [1.807, 2.05) is 0 Å². The summed E-state index contributed by atoms with van der Waals surface area (Å²) in [6.45, 7) is 1.71. The molecule has 23 heavy (non-hydrogen) atoms. The van der Waals surface area contributed by atoms with Crippen LogP contribution in [0.2, 0.25) is 0 Å². The average molecular weight is 315 g/mol. The minimum absolute atomic E-state index is 0.124. The quantitative estimate of drug-likeness (QED) is 0.894. The van der Waals surface area contributed by atoms with E-state index >= 15 is 0 Å². The highest BCUT2D eigenvalue weighted by Crippen LogP contribution is 2.27. The van der Waals surface area contributed by atoms with Crippen molar-refractivity contribution in [1.82, 2.24) is 15.5 Å². The maximum atomic E-state index is 12.5. The zero-order chi connectivity index (χ0) is 16.4. The summed E-state index contributed by atoms with van der Waals surface area (Å²) in [5.41, 5.74) is 1.01. The summed E-state index contributed by atoms with van der Waals surface area (Å²) in [5, 5.41) is 15.7. The van der Waals surface area contributed by atoms with Gasteiger partial charge in [0.05, 0.1) is 17.0 Å². The van der Waals surface area contributed by atoms with Gasteiger partial charge in [-0.3, -0.25) is 9.59 Å². The van der Waals surface area contributed by atoms with Crippen LogP contribution in [0.5, 0.6) is 0 Å². The van der Waals surface area contributed by atoms with Gasteiger partial charge in [-0.1, -0.05) is 17.3 Å². The van der Waals surface area contributed by atoms with E-state index in [1.54, 1.807) is 31.2 Å². The Balaban J connectivity index is 1.77. The smallest absolute Gasteiger partial charge is 0.306 e. The van der Waals surface area contributed by atoms with Gasteiger partial charge >= 0.3 is 5.97 Å². The fraction of sp³-hybridized carbons (Fsp3) is 0.375. The Morgan fingerprint density at radius 3 is 2.74 bits per heavy atom. The van der Waals surface area contributed by atoms with E-state index in [2.05, 4.69) is 15.5 Å². The van der Waals surface area contributed by atoms with Gasteiger partial charge in [0.2, 0.25) is 0 Å². The molecule has 1 aromatic carbocycles. The summed E-state index contributed by atoms with van der Waals surface area (Å²) in [6, 6.07) is 6.86. The molecule has 1 aliphatic carbocycles. The lowest BCUT2D eigenvalue weighted by atomic mass is 10.1. The summed E-state index contributed by atoms with van der Waals surface area (Å²) in [7, 11) is 0. The van der Waals surface area contributed by atoms with Crippen molar-refractivity contribution in [3.63, 3.8) is 0 Å². The van der Waals surface area contributed by atoms with Gasteiger partial charge in [-0.2, -0.15) is 4.98 Å². The Labute approximate surface area is 132 Å². The predicted molar refractivity (Wildman–Crippen MR) is 80.7 cm³/mol. The highest BCUT2D eigenvalue weighted by Gasteiger charge is 2.31. The van der Waals surface area contributed by atoms with Crippen LogP contribution in [-0.2, 0) is 4.79 Å². The number of carboxylic acid groups (broad SMARTS) is 1. The van der Waals surface area contributed by atoms with Crippen molar-refractivity contribution in [1.29, 1.82) is 0 Å². The van der Waals surface area contributed by atoms with Crippen LogP contribution in [0.15, 0.2) is 28.8 Å². The maximum absolute atomic E-state index is 12.5. The molecule has 7 heteroatoms. The van der Waals surface area contributed by atoms with Crippen LogP contribution in [0.1, 0.15) is 35.4 Å². The van der Waals surface area contributed by atoms with Crippen LogP contribution >= 0.6 is 0 Å². The fourth-order valence-corrected chi connectivity index (χ4v) is 2.87. The number of aryl methyl sites for hydroxylation is 1. The zero-order valence-corrected chi connectivity index (χ0v) is 12.7. The van der Waals surface area contributed by atoms with E-state index < -0.39 is 5.97 Å². The summed E-state index contributed by atoms with van der Waals surface area (Å²) >= 11 is 0. The van der Waals surface area contributed by atoms with E-state index in [-0.39, 0.29) is 17.9 Å². The molecular formula is C16H17N3O4. The molecule has 1 fully saturated rings. The van der Waals surface area contributed by atoms with Crippen LogP contribution in [0.4, 0.5) is 0 Å². The Morgan fingerprint density at radius 2 is 2.09 bits per heavy atom. The highest BCUT2D eigenvalue weighted by molar-refractivity contribution is 6.00. The number of hydrogen-bond donors (Lipinski definition) is 2. The highest BCUT2D eigenvalue weighted by atomic mass is 16.5. The van der Waals surface area contributed by atoms with Crippen LogP contribution in [0.25, 0.3) is 11.5 Å². The first kappa shape index (κ1) is 15.2. The lowest BCUT2D eigenvalue weighted by molar-refractivity contribution is -0.141. The molecule has 0 saturated heterocycles. The number of nitrogens with one attached hydrogen (secondary N) is 1. The van der Waals surface area contributed by atoms with Crippen LogP contribution in [0, 0.1) is 12.8 Å². The maximum Gasteiger partial charge on any atom is 0.306 e. The van der Waals surface area contributed by atoms with E-state index in [4.69, 9.17) is 9.63 Å². The summed E-state index contributed by atoms with van der Waals surface area (Å²) in [4.78, 5) is 27.7. The number of carbonyl (C=O) groups excluding carboxylic acids is 1. The number of hydrogen-bond acceptors (Lipinski definition) is 5. The molecule has 0 radical (unpaired) electrons. The van der Waals surface area contributed by atoms with Gasteiger partial charge in [0.15, 0.2) is 5.82 Å². The molecule has 1 saturated carbocycles. The number of aliphatic carboxylic acids is 1. The molecule has 0 spiro atoms. The molecular weight excluding hydrogens is 298 g/mol. The zero-order valence-electron chi connectivity index (χ0n) is 12.7. The van der Waals surface area contributed by atoms with Crippen molar-refractivity contribution < 1.29 is 19.2 Å². The normalized spacial score (nSPS) is 20.4. The molecule has 1 amide bonds. The molecule has 2 atom stereocenters. The molecule has 0 aliphatic heterocycles. The minimum Gasteiger partial charge on any atom is -0.481 e. The Hall–Kier alpha value is -2.70. The number of carbonyl (C=O) groups is 2. The number of carboxylic acids is 1. The molecule has 1 heterocycles. The van der Waals surface area contributed by atoms with Crippen molar-refractivity contribution in [2.75, 3.05) is 0 Å². The second kappa shape index (κ2) is 6.20. The molecule has 0 unspecified atom stereocenters. The second-order valence-electron chi connectivity index (χ2n) is 5.71. The predicted octanol–water partition coefficient (Wildman–Crippen LogP) is 2.03. The number of amides is 1. The number of rotatable bonds is 4. The van der Waals surface area contributed by atoms with Gasteiger partial charge < -0.3 is 14.9 Å². The first-order valence-electron chi connectivity index (χ1n) is 7.48. The van der Waals surface area contributed by atoms with Crippen LogP contribution in [0.3, 0.4) is 0 Å². The van der Waals surface area contributed by atoms with Crippen LogP contribution in [-0.4, -0.2) is 33.2 Å². The third-order valence-corrected chi connectivity index (χ3v) is 4.05. The number of nitrogens with zero attached hydrogens (tertiary/aromatic N) is 2. The van der Waals surface area contributed by atoms with Gasteiger partial charge in [0.25, 0.3) is 11.8 Å². The lowest BCUT2D eigenvalue weighted by Gasteiger charge is -2.13. The van der Waals surface area contributed by atoms with Crippen molar-refractivity contribution in [2.45, 2.75) is 32.2 Å². The Bertz CT molecular complexity index is 740. The third-order valence-electron chi connectivity index (χ3n) is 4.05. The van der Waals surface area contributed by atoms with E-state index in [0.29, 0.717) is 42.1 Å². The van der Waals surface area contributed by atoms with Crippen molar-refractivity contribution in [3.05, 3.63) is 35.7 Å². The van der Waals surface area contributed by atoms with E-state index in [0.717, 1.165) is 0 Å². The second-order valence-corrected chi connectivity index (χ2v) is 5.71. The lowest BCUT2D eigenvalue weighted by Crippen LogP contribution is -2.33. The summed E-state index contributed by atoms with van der Waals surface area (Å²) in [5.74, 6) is -0.650.